The summed E-state index contributed by atoms with van der Waals surface area (Å²) in [5.74, 6) is 2.59. The fourth-order valence-electron chi connectivity index (χ4n) is 1.72. The zero-order chi connectivity index (χ0) is 11.0. The summed E-state index contributed by atoms with van der Waals surface area (Å²) in [5, 5.41) is 3.24. The van der Waals surface area contributed by atoms with Crippen molar-refractivity contribution in [2.45, 2.75) is 45.7 Å². The first-order valence-corrected chi connectivity index (χ1v) is 5.53. The Morgan fingerprint density at radius 1 is 1.36 bits per heavy atom. The van der Waals surface area contributed by atoms with Crippen LogP contribution in [-0.4, -0.2) is 37.1 Å². The molecule has 0 amide bonds. The molecule has 14 heavy (non-hydrogen) atoms. The highest BCUT2D eigenvalue weighted by Crippen LogP contribution is 2.09. The lowest BCUT2D eigenvalue weighted by Gasteiger charge is -2.32. The lowest BCUT2D eigenvalue weighted by molar-refractivity contribution is 0.172. The Bertz CT molecular complexity index is 168. The van der Waals surface area contributed by atoms with Crippen molar-refractivity contribution in [3.05, 3.63) is 0 Å². The minimum absolute atomic E-state index is 0.549. The molecule has 0 aliphatic rings. The summed E-state index contributed by atoms with van der Waals surface area (Å²) in [6, 6.07) is 1.24. The highest BCUT2D eigenvalue weighted by Gasteiger charge is 2.15. The molecule has 1 atom stereocenters. The first-order chi connectivity index (χ1) is 6.67. The van der Waals surface area contributed by atoms with Crippen molar-refractivity contribution < 1.29 is 0 Å². The monoisotopic (exact) mass is 196 g/mol. The molecule has 0 saturated heterocycles. The van der Waals surface area contributed by atoms with Gasteiger partial charge in [-0.1, -0.05) is 19.8 Å². The fraction of sp³-hybridized carbons (Fsp3) is 0.833. The van der Waals surface area contributed by atoms with Crippen molar-refractivity contribution in [2.75, 3.05) is 20.1 Å². The van der Waals surface area contributed by atoms with Crippen LogP contribution in [0.2, 0.25) is 0 Å². The molecule has 0 radical (unpaired) electrons. The molecule has 0 fully saturated rings. The van der Waals surface area contributed by atoms with E-state index in [-0.39, 0.29) is 0 Å². The van der Waals surface area contributed by atoms with Crippen LogP contribution in [0.5, 0.6) is 0 Å². The summed E-state index contributed by atoms with van der Waals surface area (Å²) in [6.07, 6.45) is 7.61. The number of terminal acetylenes is 1. The maximum absolute atomic E-state index is 5.18. The average Bonchev–Trinajstić information content (AvgIpc) is 2.19. The predicted octanol–water partition coefficient (Wildman–Crippen LogP) is 1.72. The maximum atomic E-state index is 5.18. The summed E-state index contributed by atoms with van der Waals surface area (Å²) >= 11 is 0. The molecule has 0 saturated carbocycles. The number of nitrogens with one attached hydrogen (secondary N) is 1. The zero-order valence-electron chi connectivity index (χ0n) is 10.0. The highest BCUT2D eigenvalue weighted by molar-refractivity contribution is 4.87. The van der Waals surface area contributed by atoms with Gasteiger partial charge in [0.05, 0.1) is 6.54 Å². The summed E-state index contributed by atoms with van der Waals surface area (Å²) in [7, 11) is 2.19. The smallest absolute Gasteiger partial charge is 0.0574 e. The van der Waals surface area contributed by atoms with E-state index >= 15 is 0 Å². The summed E-state index contributed by atoms with van der Waals surface area (Å²) in [4.78, 5) is 2.43. The topological polar surface area (TPSA) is 15.3 Å². The van der Waals surface area contributed by atoms with Crippen LogP contribution in [0, 0.1) is 12.3 Å². The Morgan fingerprint density at radius 3 is 2.36 bits per heavy atom. The summed E-state index contributed by atoms with van der Waals surface area (Å²) < 4.78 is 0. The van der Waals surface area contributed by atoms with Gasteiger partial charge in [-0.3, -0.25) is 4.90 Å². The molecule has 0 aliphatic heterocycles. The normalized spacial score (nSPS) is 13.2. The van der Waals surface area contributed by atoms with Gasteiger partial charge in [-0.2, -0.15) is 0 Å². The minimum atomic E-state index is 0.549. The molecule has 0 aromatic rings. The first-order valence-electron chi connectivity index (χ1n) is 5.53. The molecule has 1 N–H and O–H groups in total. The molecule has 0 aliphatic carbocycles. The predicted molar refractivity (Wildman–Crippen MR) is 63.3 cm³/mol. The molecular formula is C12H24N2. The Labute approximate surface area is 89.1 Å². The standard InChI is InChI=1S/C12H24N2/c1-6-9-13-10-11(4)14(5)12(7-2)8-3/h1,11-13H,7-10H2,2-5H3. The van der Waals surface area contributed by atoms with Crippen molar-refractivity contribution >= 4 is 0 Å². The van der Waals surface area contributed by atoms with Crippen LogP contribution >= 0.6 is 0 Å². The van der Waals surface area contributed by atoms with Gasteiger partial charge in [0, 0.05) is 18.6 Å². The third-order valence-corrected chi connectivity index (χ3v) is 2.88. The third-order valence-electron chi connectivity index (χ3n) is 2.88. The van der Waals surface area contributed by atoms with E-state index in [0.717, 1.165) is 6.54 Å². The van der Waals surface area contributed by atoms with Gasteiger partial charge in [0.15, 0.2) is 0 Å². The fourth-order valence-corrected chi connectivity index (χ4v) is 1.72. The molecule has 2 nitrogen and oxygen atoms in total. The molecule has 0 spiro atoms. The van der Waals surface area contributed by atoms with Gasteiger partial charge in [-0.15, -0.1) is 6.42 Å². The van der Waals surface area contributed by atoms with Gasteiger partial charge >= 0.3 is 0 Å². The van der Waals surface area contributed by atoms with Crippen molar-refractivity contribution in [1.82, 2.24) is 10.2 Å². The van der Waals surface area contributed by atoms with E-state index in [4.69, 9.17) is 6.42 Å². The second-order valence-corrected chi connectivity index (χ2v) is 3.82. The Morgan fingerprint density at radius 2 is 1.93 bits per heavy atom. The van der Waals surface area contributed by atoms with Crippen LogP contribution in [-0.2, 0) is 0 Å². The highest BCUT2D eigenvalue weighted by atomic mass is 15.2. The summed E-state index contributed by atoms with van der Waals surface area (Å²) in [6.45, 7) is 8.36. The Balaban J connectivity index is 3.85. The zero-order valence-corrected chi connectivity index (χ0v) is 10.0. The molecule has 0 aromatic carbocycles. The molecule has 0 aromatic heterocycles. The van der Waals surface area contributed by atoms with E-state index in [1.165, 1.54) is 12.8 Å². The number of hydrogen-bond acceptors (Lipinski definition) is 2. The van der Waals surface area contributed by atoms with Crippen molar-refractivity contribution in [1.29, 1.82) is 0 Å². The van der Waals surface area contributed by atoms with Crippen LogP contribution in [0.3, 0.4) is 0 Å². The van der Waals surface area contributed by atoms with E-state index in [1.807, 2.05) is 0 Å². The van der Waals surface area contributed by atoms with Crippen molar-refractivity contribution in [3.8, 4) is 12.3 Å². The lowest BCUT2D eigenvalue weighted by atomic mass is 10.1. The number of likely N-dealkylation sites (N-methyl/N-ethyl adjacent to an activating group) is 1. The molecule has 0 heterocycles. The van der Waals surface area contributed by atoms with Crippen LogP contribution in [0.4, 0.5) is 0 Å². The van der Waals surface area contributed by atoms with E-state index in [2.05, 4.69) is 44.0 Å². The second-order valence-electron chi connectivity index (χ2n) is 3.82. The van der Waals surface area contributed by atoms with E-state index in [1.54, 1.807) is 0 Å². The quantitative estimate of drug-likeness (QED) is 0.493. The van der Waals surface area contributed by atoms with Gasteiger partial charge in [0.2, 0.25) is 0 Å². The van der Waals surface area contributed by atoms with Crippen LogP contribution in [0.25, 0.3) is 0 Å². The maximum Gasteiger partial charge on any atom is 0.0574 e. The first kappa shape index (κ1) is 13.5. The van der Waals surface area contributed by atoms with Gasteiger partial charge in [-0.25, -0.2) is 0 Å². The Kier molecular flexibility index (Phi) is 7.55. The largest absolute Gasteiger partial charge is 0.305 e. The Hall–Kier alpha value is -0.520. The van der Waals surface area contributed by atoms with Gasteiger partial charge in [-0.05, 0) is 26.8 Å². The molecule has 0 rings (SSSR count). The van der Waals surface area contributed by atoms with E-state index < -0.39 is 0 Å². The lowest BCUT2D eigenvalue weighted by Crippen LogP contribution is -2.43. The van der Waals surface area contributed by atoms with Crippen LogP contribution in [0.1, 0.15) is 33.6 Å². The van der Waals surface area contributed by atoms with Gasteiger partial charge in [0.25, 0.3) is 0 Å². The second kappa shape index (κ2) is 7.84. The average molecular weight is 196 g/mol. The molecule has 82 valence electrons. The number of nitrogens with zero attached hydrogens (tertiary/aromatic N) is 1. The minimum Gasteiger partial charge on any atom is -0.305 e. The van der Waals surface area contributed by atoms with Crippen molar-refractivity contribution in [3.63, 3.8) is 0 Å². The molecule has 0 bridgehead atoms. The molecular weight excluding hydrogens is 172 g/mol. The number of hydrogen-bond donors (Lipinski definition) is 1. The molecule has 1 unspecified atom stereocenters. The van der Waals surface area contributed by atoms with E-state index in [9.17, 15) is 0 Å². The van der Waals surface area contributed by atoms with E-state index in [0.29, 0.717) is 18.6 Å². The van der Waals surface area contributed by atoms with Gasteiger partial charge in [0.1, 0.15) is 0 Å². The van der Waals surface area contributed by atoms with Crippen LogP contribution < -0.4 is 5.32 Å². The number of rotatable bonds is 7. The summed E-state index contributed by atoms with van der Waals surface area (Å²) in [5.41, 5.74) is 0. The van der Waals surface area contributed by atoms with Crippen LogP contribution in [0.15, 0.2) is 0 Å². The third kappa shape index (κ3) is 4.64. The van der Waals surface area contributed by atoms with Gasteiger partial charge < -0.3 is 5.32 Å². The molecule has 2 heteroatoms. The van der Waals surface area contributed by atoms with Crippen molar-refractivity contribution in [2.24, 2.45) is 0 Å². The SMILES string of the molecule is C#CCNCC(C)N(C)C(CC)CC.